The molecule has 0 bridgehead atoms. The molecule has 0 spiro atoms. The van der Waals surface area contributed by atoms with Crippen LogP contribution in [0, 0.1) is 0 Å². The third kappa shape index (κ3) is 7.87. The number of carbonyl (C=O) groups is 2. The van der Waals surface area contributed by atoms with Crippen LogP contribution >= 0.6 is 0 Å². The molecule has 0 fully saturated rings. The predicted molar refractivity (Wildman–Crippen MR) is 161 cm³/mol. The summed E-state index contributed by atoms with van der Waals surface area (Å²) in [5.41, 5.74) is 6.26. The van der Waals surface area contributed by atoms with Crippen molar-refractivity contribution in [1.82, 2.24) is 14.7 Å². The zero-order valence-corrected chi connectivity index (χ0v) is 24.3. The van der Waals surface area contributed by atoms with Crippen LogP contribution in [0.1, 0.15) is 40.9 Å². The van der Waals surface area contributed by atoms with Crippen molar-refractivity contribution < 1.29 is 22.7 Å². The summed E-state index contributed by atoms with van der Waals surface area (Å²) in [6.45, 7) is 3.36. The molecule has 11 heteroatoms. The lowest BCUT2D eigenvalue weighted by molar-refractivity contribution is -0.114. The number of hydrogen-bond donors (Lipinski definition) is 2. The molecule has 0 radical (unpaired) electrons. The van der Waals surface area contributed by atoms with Crippen LogP contribution in [0.4, 0.5) is 5.69 Å². The molecule has 0 unspecified atom stereocenters. The van der Waals surface area contributed by atoms with Gasteiger partial charge in [-0.3, -0.25) is 14.6 Å². The van der Waals surface area contributed by atoms with Crippen LogP contribution in [-0.2, 0) is 27.9 Å². The number of nitrogens with zero attached hydrogens (tertiary/aromatic N) is 3. The van der Waals surface area contributed by atoms with Gasteiger partial charge < -0.3 is 10.1 Å². The average molecular weight is 586 g/mol. The number of benzene rings is 3. The Hall–Kier alpha value is -4.87. The molecule has 1 heterocycles. The Bertz CT molecular complexity index is 1670. The van der Waals surface area contributed by atoms with E-state index in [-0.39, 0.29) is 23.9 Å². The van der Waals surface area contributed by atoms with E-state index in [2.05, 4.69) is 20.8 Å². The van der Waals surface area contributed by atoms with E-state index in [4.69, 9.17) is 4.74 Å². The van der Waals surface area contributed by atoms with Gasteiger partial charge in [0.1, 0.15) is 5.75 Å². The van der Waals surface area contributed by atoms with E-state index in [9.17, 15) is 18.0 Å². The first-order valence-corrected chi connectivity index (χ1v) is 14.4. The minimum atomic E-state index is -3.87. The van der Waals surface area contributed by atoms with Crippen molar-refractivity contribution in [2.75, 3.05) is 12.4 Å². The monoisotopic (exact) mass is 585 g/mol. The van der Waals surface area contributed by atoms with Gasteiger partial charge in [-0.2, -0.15) is 9.41 Å². The van der Waals surface area contributed by atoms with Crippen LogP contribution in [0.15, 0.2) is 107 Å². The molecule has 0 aliphatic heterocycles. The van der Waals surface area contributed by atoms with Gasteiger partial charge in [0.05, 0.1) is 17.7 Å². The van der Waals surface area contributed by atoms with Gasteiger partial charge in [-0.05, 0) is 78.2 Å². The molecular formula is C31H31N5O5S. The molecule has 1 aromatic heterocycles. The molecule has 0 aliphatic carbocycles. The number of carbonyl (C=O) groups excluding carboxylic acids is 2. The van der Waals surface area contributed by atoms with E-state index in [0.29, 0.717) is 28.3 Å². The zero-order valence-electron chi connectivity index (χ0n) is 23.4. The second-order valence-electron chi connectivity index (χ2n) is 9.41. The average Bonchev–Trinajstić information content (AvgIpc) is 3.00. The van der Waals surface area contributed by atoms with Gasteiger partial charge in [-0.1, -0.05) is 30.3 Å². The topological polar surface area (TPSA) is 130 Å². The van der Waals surface area contributed by atoms with Gasteiger partial charge in [0, 0.05) is 43.7 Å². The summed E-state index contributed by atoms with van der Waals surface area (Å²) in [6.07, 6.45) is 3.26. The van der Waals surface area contributed by atoms with Crippen molar-refractivity contribution in [3.63, 3.8) is 0 Å². The summed E-state index contributed by atoms with van der Waals surface area (Å²) in [5.74, 6) is -0.0475. The molecular weight excluding hydrogens is 554 g/mol. The first-order valence-electron chi connectivity index (χ1n) is 13.0. The highest BCUT2D eigenvalue weighted by Crippen LogP contribution is 2.23. The minimum absolute atomic E-state index is 0.0764. The first-order chi connectivity index (χ1) is 20.2. The largest absolute Gasteiger partial charge is 0.497 e. The Kier molecular flexibility index (Phi) is 9.79. The normalized spacial score (nSPS) is 11.7. The Morgan fingerprint density at radius 1 is 0.881 bits per heavy atom. The number of anilines is 1. The highest BCUT2D eigenvalue weighted by molar-refractivity contribution is 7.89. The van der Waals surface area contributed by atoms with E-state index < -0.39 is 15.9 Å². The van der Waals surface area contributed by atoms with Gasteiger partial charge in [-0.15, -0.1) is 0 Å². The standard InChI is InChI=1S/C31H31N5O5S/c1-22(27-7-4-8-28(18-27)33-23(2)37)34-35-31(38)26-11-9-24(10-12-26)20-36(21-25-6-5-17-32-19-25)42(39,40)30-15-13-29(41-3)14-16-30/h4-19H,20-21H2,1-3H3,(H,33,37)(H,35,38)/b34-22+. The first kappa shape index (κ1) is 30.1. The molecule has 4 rings (SSSR count). The molecule has 4 aromatic rings. The third-order valence-electron chi connectivity index (χ3n) is 6.28. The van der Waals surface area contributed by atoms with Crippen molar-refractivity contribution in [2.45, 2.75) is 31.8 Å². The zero-order chi connectivity index (χ0) is 30.1. The maximum atomic E-state index is 13.6. The quantitative estimate of drug-likeness (QED) is 0.196. The van der Waals surface area contributed by atoms with Gasteiger partial charge in [0.2, 0.25) is 15.9 Å². The van der Waals surface area contributed by atoms with Gasteiger partial charge in [0.15, 0.2) is 0 Å². The maximum absolute atomic E-state index is 13.6. The molecule has 0 saturated heterocycles. The van der Waals surface area contributed by atoms with Crippen LogP contribution in [0.5, 0.6) is 5.75 Å². The SMILES string of the molecule is COc1ccc(S(=O)(=O)N(Cc2ccc(C(=O)N/N=C(\C)c3cccc(NC(C)=O)c3)cc2)Cc2cccnc2)cc1. The Morgan fingerprint density at radius 3 is 2.24 bits per heavy atom. The molecule has 42 heavy (non-hydrogen) atoms. The van der Waals surface area contributed by atoms with E-state index in [1.807, 2.05) is 12.1 Å². The van der Waals surface area contributed by atoms with Gasteiger partial charge >= 0.3 is 0 Å². The lowest BCUT2D eigenvalue weighted by atomic mass is 10.1. The van der Waals surface area contributed by atoms with Crippen molar-refractivity contribution in [3.8, 4) is 5.75 Å². The maximum Gasteiger partial charge on any atom is 0.271 e. The molecule has 216 valence electrons. The van der Waals surface area contributed by atoms with Crippen LogP contribution in [0.2, 0.25) is 0 Å². The highest BCUT2D eigenvalue weighted by Gasteiger charge is 2.25. The smallest absolute Gasteiger partial charge is 0.271 e. The van der Waals surface area contributed by atoms with E-state index in [1.54, 1.807) is 80.0 Å². The number of pyridine rings is 1. The Balaban J connectivity index is 1.49. The van der Waals surface area contributed by atoms with E-state index in [1.165, 1.54) is 30.5 Å². The van der Waals surface area contributed by atoms with Gasteiger partial charge in [0.25, 0.3) is 5.91 Å². The molecule has 3 aromatic carbocycles. The summed E-state index contributed by atoms with van der Waals surface area (Å²) >= 11 is 0. The third-order valence-corrected chi connectivity index (χ3v) is 8.09. The summed E-state index contributed by atoms with van der Waals surface area (Å²) < 4.78 is 33.8. The molecule has 0 atom stereocenters. The van der Waals surface area contributed by atoms with Crippen LogP contribution in [-0.4, -0.2) is 42.3 Å². The van der Waals surface area contributed by atoms with Crippen LogP contribution in [0.3, 0.4) is 0 Å². The number of sulfonamides is 1. The number of aromatic nitrogens is 1. The van der Waals surface area contributed by atoms with Crippen molar-refractivity contribution in [2.24, 2.45) is 5.10 Å². The number of rotatable bonds is 11. The van der Waals surface area contributed by atoms with Crippen molar-refractivity contribution in [1.29, 1.82) is 0 Å². The number of methoxy groups -OCH3 is 1. The number of ether oxygens (including phenoxy) is 1. The minimum Gasteiger partial charge on any atom is -0.497 e. The fourth-order valence-electron chi connectivity index (χ4n) is 4.07. The van der Waals surface area contributed by atoms with Gasteiger partial charge in [-0.25, -0.2) is 13.8 Å². The fraction of sp³-hybridized carbons (Fsp3) is 0.161. The second-order valence-corrected chi connectivity index (χ2v) is 11.3. The second kappa shape index (κ2) is 13.7. The molecule has 2 amide bonds. The summed E-state index contributed by atoms with van der Waals surface area (Å²) in [6, 6.07) is 23.6. The number of hydrogen-bond acceptors (Lipinski definition) is 7. The van der Waals surface area contributed by atoms with E-state index in [0.717, 1.165) is 11.1 Å². The molecule has 10 nitrogen and oxygen atoms in total. The van der Waals surface area contributed by atoms with Crippen molar-refractivity contribution >= 4 is 33.2 Å². The Morgan fingerprint density at radius 2 is 1.60 bits per heavy atom. The van der Waals surface area contributed by atoms with Crippen LogP contribution < -0.4 is 15.5 Å². The summed E-state index contributed by atoms with van der Waals surface area (Å²) in [4.78, 5) is 28.3. The van der Waals surface area contributed by atoms with Crippen molar-refractivity contribution in [3.05, 3.63) is 120 Å². The lowest BCUT2D eigenvalue weighted by Gasteiger charge is -2.22. The fourth-order valence-corrected chi connectivity index (χ4v) is 5.49. The Labute approximate surface area is 245 Å². The van der Waals surface area contributed by atoms with E-state index >= 15 is 0 Å². The lowest BCUT2D eigenvalue weighted by Crippen LogP contribution is -2.30. The number of hydrazone groups is 1. The summed E-state index contributed by atoms with van der Waals surface area (Å²) in [5, 5.41) is 6.90. The molecule has 2 N–H and O–H groups in total. The molecule has 0 aliphatic rings. The number of amides is 2. The summed E-state index contributed by atoms with van der Waals surface area (Å²) in [7, 11) is -2.36. The molecule has 0 saturated carbocycles. The van der Waals surface area contributed by atoms with Crippen LogP contribution in [0.25, 0.3) is 0 Å². The number of nitrogens with one attached hydrogen (secondary N) is 2. The highest BCUT2D eigenvalue weighted by atomic mass is 32.2. The predicted octanol–water partition coefficient (Wildman–Crippen LogP) is 4.59.